The van der Waals surface area contributed by atoms with Gasteiger partial charge < -0.3 is 14.5 Å². The van der Waals surface area contributed by atoms with Crippen molar-refractivity contribution < 1.29 is 41.1 Å². The summed E-state index contributed by atoms with van der Waals surface area (Å²) in [5.41, 5.74) is 0.191. The molecule has 14 heteroatoms. The quantitative estimate of drug-likeness (QED) is 0.192. The van der Waals surface area contributed by atoms with E-state index in [1.165, 1.54) is 16.1 Å². The van der Waals surface area contributed by atoms with E-state index >= 15 is 0 Å². The van der Waals surface area contributed by atoms with Crippen molar-refractivity contribution in [1.82, 2.24) is 9.80 Å². The zero-order valence-electron chi connectivity index (χ0n) is 25.2. The number of amidine groups is 1. The molecule has 48 heavy (non-hydrogen) atoms. The van der Waals surface area contributed by atoms with Gasteiger partial charge in [0.1, 0.15) is 29.5 Å². The number of anilines is 1. The average molecular weight is 681 g/mol. The summed E-state index contributed by atoms with van der Waals surface area (Å²) in [5, 5.41) is 2.12. The summed E-state index contributed by atoms with van der Waals surface area (Å²) in [5.74, 6) is -1.77. The van der Waals surface area contributed by atoms with Gasteiger partial charge in [0.2, 0.25) is 11.8 Å². The summed E-state index contributed by atoms with van der Waals surface area (Å²) in [6, 6.07) is 20.7. The highest BCUT2D eigenvalue weighted by atomic mass is 32.2. The molecule has 248 valence electrons. The number of carbonyl (C=O) groups excluding carboxylic acids is 3. The summed E-state index contributed by atoms with van der Waals surface area (Å²) in [6.07, 6.45) is -2.95. The fourth-order valence-electron chi connectivity index (χ4n) is 5.39. The van der Waals surface area contributed by atoms with Crippen molar-refractivity contribution in [3.63, 3.8) is 0 Å². The topological polar surface area (TPSA) is 104 Å². The van der Waals surface area contributed by atoms with Crippen LogP contribution < -0.4 is 5.32 Å². The van der Waals surface area contributed by atoms with Crippen molar-refractivity contribution >= 4 is 46.2 Å². The van der Waals surface area contributed by atoms with Crippen LogP contribution in [0.2, 0.25) is 0 Å². The molecule has 2 atom stereocenters. The minimum Gasteiger partial charge on any atom is -0.467 e. The Hall–Kier alpha value is -5.11. The molecule has 1 aromatic heterocycles. The van der Waals surface area contributed by atoms with Crippen molar-refractivity contribution in [2.24, 2.45) is 4.99 Å². The number of thioether (sulfide) groups is 1. The molecule has 2 fully saturated rings. The van der Waals surface area contributed by atoms with Gasteiger partial charge >= 0.3 is 12.3 Å². The van der Waals surface area contributed by atoms with Gasteiger partial charge in [0.25, 0.3) is 0 Å². The minimum atomic E-state index is -4.92. The van der Waals surface area contributed by atoms with Gasteiger partial charge in [-0.25, -0.2) is 14.2 Å². The standard InChI is InChI=1S/C34H28F4N4O5S/c35-27-15-14-24(18-26(27)34(36,37)38)40-32-42(19-25-8-5-17-46-25)31(44)29(48-32)22-10-12-23(13-11-22)39-30(43)28-9-4-16-41(28)33(45)47-20-21-6-2-1-3-7-21/h1-3,5-8,10-15,17-18,28-29H,4,9,16,19-20H2,(H,39,43)/t28-,29?/m0/s1. The molecule has 4 aromatic rings. The largest absolute Gasteiger partial charge is 0.467 e. The Balaban J connectivity index is 1.15. The maximum Gasteiger partial charge on any atom is 0.419 e. The van der Waals surface area contributed by atoms with Crippen molar-refractivity contribution in [1.29, 1.82) is 0 Å². The Morgan fingerprint density at radius 3 is 2.50 bits per heavy atom. The molecule has 2 aliphatic rings. The third-order valence-electron chi connectivity index (χ3n) is 7.79. The summed E-state index contributed by atoms with van der Waals surface area (Å²) < 4.78 is 64.7. The molecule has 0 aliphatic carbocycles. The van der Waals surface area contributed by atoms with E-state index in [1.54, 1.807) is 36.4 Å². The van der Waals surface area contributed by atoms with Crippen LogP contribution in [-0.2, 0) is 33.7 Å². The summed E-state index contributed by atoms with van der Waals surface area (Å²) in [6.45, 7) is 0.453. The normalized spacial score (nSPS) is 18.8. The Kier molecular flexibility index (Phi) is 9.53. The predicted octanol–water partition coefficient (Wildman–Crippen LogP) is 7.68. The second kappa shape index (κ2) is 13.9. The Morgan fingerprint density at radius 2 is 1.79 bits per heavy atom. The minimum absolute atomic E-state index is 0.0265. The fourth-order valence-corrected chi connectivity index (χ4v) is 6.57. The lowest BCUT2D eigenvalue weighted by Gasteiger charge is -2.23. The molecule has 2 saturated heterocycles. The summed E-state index contributed by atoms with van der Waals surface area (Å²) in [7, 11) is 0. The average Bonchev–Trinajstić information content (AvgIpc) is 3.84. The van der Waals surface area contributed by atoms with E-state index in [2.05, 4.69) is 10.3 Å². The molecule has 6 rings (SSSR count). The second-order valence-corrected chi connectivity index (χ2v) is 12.1. The number of hydrogen-bond acceptors (Lipinski definition) is 7. The number of carbonyl (C=O) groups is 3. The lowest BCUT2D eigenvalue weighted by Crippen LogP contribution is -2.43. The van der Waals surface area contributed by atoms with E-state index in [-0.39, 0.29) is 35.8 Å². The molecule has 3 heterocycles. The first-order chi connectivity index (χ1) is 23.1. The number of amides is 3. The van der Waals surface area contributed by atoms with Gasteiger partial charge in [-0.15, -0.1) is 0 Å². The molecule has 3 aromatic carbocycles. The molecular weight excluding hydrogens is 652 g/mol. The number of benzene rings is 3. The number of nitrogens with zero attached hydrogens (tertiary/aromatic N) is 3. The van der Waals surface area contributed by atoms with Crippen LogP contribution in [-0.4, -0.2) is 45.5 Å². The van der Waals surface area contributed by atoms with Gasteiger partial charge in [-0.3, -0.25) is 19.4 Å². The molecule has 3 amide bonds. The SMILES string of the molecule is O=C(Nc1ccc(C2SC(=Nc3ccc(F)c(C(F)(F)F)c3)N(Cc3ccco3)C2=O)cc1)[C@@H]1CCCN1C(=O)OCc1ccccc1. The van der Waals surface area contributed by atoms with Crippen LogP contribution in [0, 0.1) is 5.82 Å². The van der Waals surface area contributed by atoms with Crippen LogP contribution in [0.3, 0.4) is 0 Å². The van der Waals surface area contributed by atoms with Gasteiger partial charge in [0.05, 0.1) is 24.1 Å². The Bertz CT molecular complexity index is 1820. The molecule has 1 unspecified atom stereocenters. The number of likely N-dealkylation sites (tertiary alicyclic amines) is 1. The number of furan rings is 1. The van der Waals surface area contributed by atoms with Gasteiger partial charge in [-0.2, -0.15) is 13.2 Å². The second-order valence-electron chi connectivity index (χ2n) is 11.1. The number of nitrogens with one attached hydrogen (secondary N) is 1. The number of hydrogen-bond donors (Lipinski definition) is 1. The lowest BCUT2D eigenvalue weighted by atomic mass is 10.1. The number of rotatable bonds is 8. The van der Waals surface area contributed by atoms with Crippen molar-refractivity contribution in [2.45, 2.75) is 43.5 Å². The maximum atomic E-state index is 13.9. The van der Waals surface area contributed by atoms with E-state index in [4.69, 9.17) is 9.15 Å². The van der Waals surface area contributed by atoms with Crippen molar-refractivity contribution in [3.8, 4) is 0 Å². The highest BCUT2D eigenvalue weighted by Crippen LogP contribution is 2.42. The fraction of sp³-hybridized carbons (Fsp3) is 0.235. The third kappa shape index (κ3) is 7.38. The van der Waals surface area contributed by atoms with E-state index in [9.17, 15) is 31.9 Å². The predicted molar refractivity (Wildman–Crippen MR) is 170 cm³/mol. The first-order valence-corrected chi connectivity index (χ1v) is 15.8. The van der Waals surface area contributed by atoms with E-state index in [0.29, 0.717) is 48.5 Å². The Morgan fingerprint density at radius 1 is 1.02 bits per heavy atom. The molecule has 9 nitrogen and oxygen atoms in total. The molecule has 0 radical (unpaired) electrons. The van der Waals surface area contributed by atoms with Crippen LogP contribution in [0.4, 0.5) is 33.7 Å². The molecule has 0 saturated carbocycles. The smallest absolute Gasteiger partial charge is 0.419 e. The first-order valence-electron chi connectivity index (χ1n) is 14.9. The number of alkyl halides is 3. The van der Waals surface area contributed by atoms with Crippen LogP contribution in [0.15, 0.2) is 101 Å². The molecular formula is C34H28F4N4O5S. The van der Waals surface area contributed by atoms with Crippen LogP contribution >= 0.6 is 11.8 Å². The molecule has 2 aliphatic heterocycles. The van der Waals surface area contributed by atoms with E-state index < -0.39 is 34.9 Å². The first kappa shape index (κ1) is 32.8. The van der Waals surface area contributed by atoms with E-state index in [1.807, 2.05) is 30.3 Å². The maximum absolute atomic E-state index is 13.9. The van der Waals surface area contributed by atoms with Gasteiger partial charge in [0, 0.05) is 12.2 Å². The van der Waals surface area contributed by atoms with Crippen molar-refractivity contribution in [2.75, 3.05) is 11.9 Å². The number of ether oxygens (including phenoxy) is 1. The summed E-state index contributed by atoms with van der Waals surface area (Å²) in [4.78, 5) is 46.5. The van der Waals surface area contributed by atoms with E-state index in [0.717, 1.165) is 23.4 Å². The third-order valence-corrected chi connectivity index (χ3v) is 9.03. The van der Waals surface area contributed by atoms with Crippen LogP contribution in [0.5, 0.6) is 0 Å². The zero-order valence-corrected chi connectivity index (χ0v) is 26.0. The lowest BCUT2D eigenvalue weighted by molar-refractivity contribution is -0.140. The highest BCUT2D eigenvalue weighted by molar-refractivity contribution is 8.15. The van der Waals surface area contributed by atoms with Crippen molar-refractivity contribution in [3.05, 3.63) is 119 Å². The number of halogens is 4. The van der Waals surface area contributed by atoms with Gasteiger partial charge in [-0.05, 0) is 66.4 Å². The van der Waals surface area contributed by atoms with Crippen LogP contribution in [0.1, 0.15) is 40.5 Å². The zero-order chi connectivity index (χ0) is 33.8. The summed E-state index contributed by atoms with van der Waals surface area (Å²) >= 11 is 1.03. The van der Waals surface area contributed by atoms with Gasteiger partial charge in [0.15, 0.2) is 5.17 Å². The monoisotopic (exact) mass is 680 g/mol. The number of aliphatic imine (C=N–C) groups is 1. The molecule has 0 bridgehead atoms. The molecule has 0 spiro atoms. The van der Waals surface area contributed by atoms with Crippen LogP contribution in [0.25, 0.3) is 0 Å². The molecule has 1 N–H and O–H groups in total. The Labute approximate surface area is 276 Å². The highest BCUT2D eigenvalue weighted by Gasteiger charge is 2.40. The van der Waals surface area contributed by atoms with Gasteiger partial charge in [-0.1, -0.05) is 54.2 Å².